The van der Waals surface area contributed by atoms with E-state index in [1.807, 2.05) is 41.8 Å². The molecule has 2 aromatic heterocycles. The number of anilines is 1. The van der Waals surface area contributed by atoms with Gasteiger partial charge in [0.15, 0.2) is 5.69 Å². The summed E-state index contributed by atoms with van der Waals surface area (Å²) in [6.45, 7) is 3.10. The minimum atomic E-state index is -0.861. The number of aliphatic hydroxyl groups is 1. The van der Waals surface area contributed by atoms with E-state index in [0.29, 0.717) is 19.5 Å². The summed E-state index contributed by atoms with van der Waals surface area (Å²) < 4.78 is 3.61. The van der Waals surface area contributed by atoms with Gasteiger partial charge in [-0.25, -0.2) is 9.67 Å². The lowest BCUT2D eigenvalue weighted by Crippen LogP contribution is -2.50. The first-order valence-electron chi connectivity index (χ1n) is 9.20. The van der Waals surface area contributed by atoms with Crippen LogP contribution in [-0.4, -0.2) is 54.9 Å². The summed E-state index contributed by atoms with van der Waals surface area (Å²) >= 11 is 0. The number of amides is 1. The molecule has 1 aromatic carbocycles. The van der Waals surface area contributed by atoms with Crippen molar-refractivity contribution in [3.63, 3.8) is 0 Å². The number of hydrogen-bond acceptors (Lipinski definition) is 6. The molecule has 2 N–H and O–H groups in total. The second kappa shape index (κ2) is 7.43. The third kappa shape index (κ3) is 3.48. The van der Waals surface area contributed by atoms with Gasteiger partial charge in [0.25, 0.3) is 5.91 Å². The lowest BCUT2D eigenvalue weighted by molar-refractivity contribution is 0.0823. The molecule has 0 radical (unpaired) electrons. The average Bonchev–Trinajstić information content (AvgIpc) is 3.28. The fourth-order valence-electron chi connectivity index (χ4n) is 3.56. The highest BCUT2D eigenvalue weighted by Gasteiger charge is 2.31. The molecule has 2 unspecified atom stereocenters. The minimum Gasteiger partial charge on any atom is -0.371 e. The number of nitrogens with one attached hydrogen (secondary N) is 1. The zero-order chi connectivity index (χ0) is 19.7. The van der Waals surface area contributed by atoms with E-state index in [-0.39, 0.29) is 11.6 Å². The standard InChI is InChI=1S/C19H23N7O2/c1-13-18-24(2)19(28)15(8-9-25(18)12-20-13)21-17(27)16-11-26(23-22-16)10-14-6-4-3-5-7-14/h3-7,11-12,15,19,28H,8-10H2,1-2H3,(H,21,27). The van der Waals surface area contributed by atoms with Crippen LogP contribution in [0.2, 0.25) is 0 Å². The Labute approximate surface area is 162 Å². The number of carbonyl (C=O) groups is 1. The molecule has 1 amide bonds. The monoisotopic (exact) mass is 381 g/mol. The number of rotatable bonds is 4. The third-order valence-electron chi connectivity index (χ3n) is 5.03. The number of nitrogens with zero attached hydrogens (tertiary/aromatic N) is 6. The highest BCUT2D eigenvalue weighted by molar-refractivity contribution is 5.92. The fraction of sp³-hybridized carbons (Fsp3) is 0.368. The van der Waals surface area contributed by atoms with Gasteiger partial charge in [0.1, 0.15) is 12.0 Å². The van der Waals surface area contributed by atoms with E-state index in [2.05, 4.69) is 20.6 Å². The van der Waals surface area contributed by atoms with Gasteiger partial charge in [-0.1, -0.05) is 35.5 Å². The van der Waals surface area contributed by atoms with Gasteiger partial charge in [-0.3, -0.25) is 4.79 Å². The van der Waals surface area contributed by atoms with Crippen molar-refractivity contribution in [1.82, 2.24) is 29.9 Å². The molecule has 0 saturated heterocycles. The number of aliphatic hydroxyl groups excluding tert-OH is 1. The van der Waals surface area contributed by atoms with Crippen LogP contribution >= 0.6 is 0 Å². The maximum Gasteiger partial charge on any atom is 0.273 e. The Hall–Kier alpha value is -3.20. The molecule has 1 aliphatic heterocycles. The zero-order valence-electron chi connectivity index (χ0n) is 15.9. The highest BCUT2D eigenvalue weighted by Crippen LogP contribution is 2.25. The van der Waals surface area contributed by atoms with Crippen LogP contribution in [0.1, 0.15) is 28.2 Å². The Bertz CT molecular complexity index is 966. The molecule has 0 fully saturated rings. The SMILES string of the molecule is Cc1ncn2c1N(C)C(O)C(NC(=O)c1cn(Cc3ccccc3)nn1)CC2. The summed E-state index contributed by atoms with van der Waals surface area (Å²) in [6, 6.07) is 9.41. The Kier molecular flexibility index (Phi) is 4.82. The minimum absolute atomic E-state index is 0.229. The first kappa shape index (κ1) is 18.2. The van der Waals surface area contributed by atoms with E-state index in [9.17, 15) is 9.90 Å². The van der Waals surface area contributed by atoms with Crippen LogP contribution in [0.5, 0.6) is 0 Å². The van der Waals surface area contributed by atoms with Crippen molar-refractivity contribution >= 4 is 11.7 Å². The summed E-state index contributed by atoms with van der Waals surface area (Å²) in [4.78, 5) is 18.7. The maximum absolute atomic E-state index is 12.6. The van der Waals surface area contributed by atoms with E-state index in [1.54, 1.807) is 29.2 Å². The topological polar surface area (TPSA) is 101 Å². The largest absolute Gasteiger partial charge is 0.371 e. The number of imidazole rings is 1. The molecular formula is C19H23N7O2. The average molecular weight is 381 g/mol. The molecule has 9 nitrogen and oxygen atoms in total. The quantitative estimate of drug-likeness (QED) is 0.693. The lowest BCUT2D eigenvalue weighted by Gasteiger charge is -2.29. The summed E-state index contributed by atoms with van der Waals surface area (Å²) in [7, 11) is 1.80. The van der Waals surface area contributed by atoms with E-state index in [4.69, 9.17) is 0 Å². The van der Waals surface area contributed by atoms with Crippen molar-refractivity contribution in [3.8, 4) is 0 Å². The van der Waals surface area contributed by atoms with E-state index in [0.717, 1.165) is 17.1 Å². The Morgan fingerprint density at radius 2 is 2.11 bits per heavy atom. The Morgan fingerprint density at radius 1 is 1.32 bits per heavy atom. The van der Waals surface area contributed by atoms with Gasteiger partial charge in [-0.2, -0.15) is 0 Å². The molecule has 146 valence electrons. The predicted octanol–water partition coefficient (Wildman–Crippen LogP) is 0.788. The van der Waals surface area contributed by atoms with Crippen LogP contribution in [-0.2, 0) is 13.1 Å². The molecule has 9 heteroatoms. The molecular weight excluding hydrogens is 358 g/mol. The van der Waals surface area contributed by atoms with Gasteiger partial charge in [-0.05, 0) is 18.9 Å². The number of aryl methyl sites for hydroxylation is 2. The number of benzene rings is 1. The van der Waals surface area contributed by atoms with Gasteiger partial charge in [0.05, 0.1) is 30.8 Å². The van der Waals surface area contributed by atoms with E-state index >= 15 is 0 Å². The van der Waals surface area contributed by atoms with Gasteiger partial charge in [-0.15, -0.1) is 5.10 Å². The van der Waals surface area contributed by atoms with Crippen LogP contribution in [0.15, 0.2) is 42.9 Å². The number of likely N-dealkylation sites (N-methyl/N-ethyl adjacent to an activating group) is 1. The van der Waals surface area contributed by atoms with Crippen LogP contribution in [0.3, 0.4) is 0 Å². The van der Waals surface area contributed by atoms with Crippen molar-refractivity contribution in [2.24, 2.45) is 0 Å². The maximum atomic E-state index is 12.6. The Balaban J connectivity index is 1.44. The number of hydrogen-bond donors (Lipinski definition) is 2. The molecule has 0 aliphatic carbocycles. The van der Waals surface area contributed by atoms with Gasteiger partial charge < -0.3 is 19.9 Å². The molecule has 2 atom stereocenters. The van der Waals surface area contributed by atoms with Crippen molar-refractivity contribution in [1.29, 1.82) is 0 Å². The normalized spacial score (nSPS) is 19.2. The predicted molar refractivity (Wildman–Crippen MR) is 103 cm³/mol. The zero-order valence-corrected chi connectivity index (χ0v) is 15.9. The molecule has 1 aliphatic rings. The fourth-order valence-corrected chi connectivity index (χ4v) is 3.56. The molecule has 3 aromatic rings. The second-order valence-corrected chi connectivity index (χ2v) is 7.03. The van der Waals surface area contributed by atoms with Crippen LogP contribution < -0.4 is 10.2 Å². The third-order valence-corrected chi connectivity index (χ3v) is 5.03. The smallest absolute Gasteiger partial charge is 0.273 e. The number of carbonyl (C=O) groups excluding carboxylic acids is 1. The molecule has 0 spiro atoms. The summed E-state index contributed by atoms with van der Waals surface area (Å²) in [5, 5.41) is 21.6. The highest BCUT2D eigenvalue weighted by atomic mass is 16.3. The van der Waals surface area contributed by atoms with E-state index in [1.165, 1.54) is 0 Å². The summed E-state index contributed by atoms with van der Waals surface area (Å²) in [5.41, 5.74) is 2.15. The number of aromatic nitrogens is 5. The van der Waals surface area contributed by atoms with Gasteiger partial charge in [0.2, 0.25) is 0 Å². The first-order valence-corrected chi connectivity index (χ1v) is 9.20. The molecule has 28 heavy (non-hydrogen) atoms. The summed E-state index contributed by atoms with van der Waals surface area (Å²) in [6.07, 6.45) is 3.10. The lowest BCUT2D eigenvalue weighted by atomic mass is 10.1. The van der Waals surface area contributed by atoms with Crippen LogP contribution in [0, 0.1) is 6.92 Å². The molecule has 0 bridgehead atoms. The molecule has 4 rings (SSSR count). The van der Waals surface area contributed by atoms with Gasteiger partial charge in [0, 0.05) is 13.6 Å². The van der Waals surface area contributed by atoms with Crippen molar-refractivity contribution in [2.75, 3.05) is 11.9 Å². The first-order chi connectivity index (χ1) is 13.5. The van der Waals surface area contributed by atoms with Crippen molar-refractivity contribution in [2.45, 2.75) is 38.7 Å². The number of fused-ring (bicyclic) bond motifs is 1. The van der Waals surface area contributed by atoms with Crippen molar-refractivity contribution in [3.05, 3.63) is 59.8 Å². The summed E-state index contributed by atoms with van der Waals surface area (Å²) in [5.74, 6) is 0.510. The molecule has 3 heterocycles. The Morgan fingerprint density at radius 3 is 2.89 bits per heavy atom. The van der Waals surface area contributed by atoms with Crippen LogP contribution in [0.25, 0.3) is 0 Å². The molecule has 0 saturated carbocycles. The van der Waals surface area contributed by atoms with Crippen LogP contribution in [0.4, 0.5) is 5.82 Å². The van der Waals surface area contributed by atoms with E-state index < -0.39 is 12.3 Å². The second-order valence-electron chi connectivity index (χ2n) is 7.03. The van der Waals surface area contributed by atoms with Crippen molar-refractivity contribution < 1.29 is 9.90 Å². The van der Waals surface area contributed by atoms with Gasteiger partial charge >= 0.3 is 0 Å².